The normalized spacial score (nSPS) is 14.1. The molecule has 0 aliphatic carbocycles. The molecule has 2 aromatic heterocycles. The van der Waals surface area contributed by atoms with Gasteiger partial charge in [0.05, 0.1) is 12.3 Å². The minimum Gasteiger partial charge on any atom is -0.396 e. The molecule has 0 aromatic carbocycles. The number of aliphatic hydroxyl groups excluding tert-OH is 1. The van der Waals surface area contributed by atoms with Crippen LogP contribution in [-0.4, -0.2) is 26.9 Å². The maximum atomic E-state index is 12.7. The maximum Gasteiger partial charge on any atom is 0.433 e. The van der Waals surface area contributed by atoms with Crippen LogP contribution in [0.3, 0.4) is 0 Å². The third-order valence-electron chi connectivity index (χ3n) is 2.55. The molecule has 2 heterocycles. The average Bonchev–Trinajstić information content (AvgIpc) is 2.68. The second-order valence-electron chi connectivity index (χ2n) is 3.91. The van der Waals surface area contributed by atoms with E-state index in [0.29, 0.717) is 15.5 Å². The molecule has 98 valence electrons. The first-order valence-electron chi connectivity index (χ1n) is 5.07. The lowest BCUT2D eigenvalue weighted by atomic mass is 10.1. The van der Waals surface area contributed by atoms with Crippen LogP contribution in [0.2, 0.25) is 0 Å². The average molecular weight is 324 g/mol. The van der Waals surface area contributed by atoms with Gasteiger partial charge in [0, 0.05) is 11.3 Å². The first-order valence-corrected chi connectivity index (χ1v) is 5.86. The Labute approximate surface area is 108 Å². The number of hydrogen-bond donors (Lipinski definition) is 2. The van der Waals surface area contributed by atoms with Crippen LogP contribution in [0.5, 0.6) is 0 Å². The molecule has 2 N–H and O–H groups in total. The quantitative estimate of drug-likeness (QED) is 0.893. The molecule has 1 unspecified atom stereocenters. The lowest BCUT2D eigenvalue weighted by Crippen LogP contribution is -2.12. The van der Waals surface area contributed by atoms with E-state index in [1.807, 2.05) is 0 Å². The first-order chi connectivity index (χ1) is 8.34. The van der Waals surface area contributed by atoms with Gasteiger partial charge in [-0.1, -0.05) is 6.92 Å². The predicted molar refractivity (Wildman–Crippen MR) is 62.1 cm³/mol. The van der Waals surface area contributed by atoms with Crippen LogP contribution < -0.4 is 0 Å². The van der Waals surface area contributed by atoms with Crippen LogP contribution in [0, 0.1) is 0 Å². The van der Waals surface area contributed by atoms with Crippen molar-refractivity contribution in [1.29, 1.82) is 0 Å². The van der Waals surface area contributed by atoms with Crippen molar-refractivity contribution in [2.75, 3.05) is 6.61 Å². The number of pyridine rings is 1. The van der Waals surface area contributed by atoms with Crippen LogP contribution in [-0.2, 0) is 6.18 Å². The fraction of sp³-hybridized carbons (Fsp3) is 0.400. The fourth-order valence-electron chi connectivity index (χ4n) is 1.58. The maximum absolute atomic E-state index is 12.7. The SMILES string of the molecule is CC(CO)c1nc(C(F)(F)F)cc2c(Br)[nH]nc12. The highest BCUT2D eigenvalue weighted by molar-refractivity contribution is 9.10. The van der Waals surface area contributed by atoms with E-state index in [4.69, 9.17) is 5.11 Å². The molecule has 4 nitrogen and oxygen atoms in total. The second-order valence-corrected chi connectivity index (χ2v) is 4.70. The third-order valence-corrected chi connectivity index (χ3v) is 3.16. The molecule has 0 saturated carbocycles. The molecule has 0 bridgehead atoms. The van der Waals surface area contributed by atoms with E-state index in [1.165, 1.54) is 0 Å². The Morgan fingerprint density at radius 1 is 1.50 bits per heavy atom. The smallest absolute Gasteiger partial charge is 0.396 e. The van der Waals surface area contributed by atoms with E-state index < -0.39 is 17.8 Å². The highest BCUT2D eigenvalue weighted by atomic mass is 79.9. The van der Waals surface area contributed by atoms with E-state index in [1.54, 1.807) is 6.92 Å². The Morgan fingerprint density at radius 2 is 2.17 bits per heavy atom. The van der Waals surface area contributed by atoms with Crippen LogP contribution >= 0.6 is 15.9 Å². The van der Waals surface area contributed by atoms with Crippen LogP contribution in [0.1, 0.15) is 24.2 Å². The van der Waals surface area contributed by atoms with Crippen molar-refractivity contribution < 1.29 is 18.3 Å². The molecule has 0 amide bonds. The predicted octanol–water partition coefficient (Wildman–Crippen LogP) is 2.84. The zero-order valence-corrected chi connectivity index (χ0v) is 10.8. The van der Waals surface area contributed by atoms with E-state index in [9.17, 15) is 13.2 Å². The molecule has 0 aliphatic rings. The van der Waals surface area contributed by atoms with Gasteiger partial charge in [0.25, 0.3) is 0 Å². The summed E-state index contributed by atoms with van der Waals surface area (Å²) in [5, 5.41) is 15.8. The topological polar surface area (TPSA) is 61.8 Å². The van der Waals surface area contributed by atoms with Gasteiger partial charge in [-0.05, 0) is 22.0 Å². The molecule has 0 radical (unpaired) electrons. The van der Waals surface area contributed by atoms with Gasteiger partial charge in [0.1, 0.15) is 15.8 Å². The van der Waals surface area contributed by atoms with Gasteiger partial charge in [-0.25, -0.2) is 4.98 Å². The summed E-state index contributed by atoms with van der Waals surface area (Å²) in [5.41, 5.74) is -0.534. The summed E-state index contributed by atoms with van der Waals surface area (Å²) >= 11 is 3.10. The van der Waals surface area contributed by atoms with Gasteiger partial charge < -0.3 is 5.11 Å². The van der Waals surface area contributed by atoms with Crippen molar-refractivity contribution in [1.82, 2.24) is 15.2 Å². The van der Waals surface area contributed by atoms with E-state index >= 15 is 0 Å². The summed E-state index contributed by atoms with van der Waals surface area (Å²) in [6.07, 6.45) is -4.53. The molecule has 0 spiro atoms. The monoisotopic (exact) mass is 323 g/mol. The number of aromatic nitrogens is 3. The molecule has 2 rings (SSSR count). The molecular weight excluding hydrogens is 315 g/mol. The molecule has 0 saturated heterocycles. The van der Waals surface area contributed by atoms with Crippen molar-refractivity contribution in [3.05, 3.63) is 22.1 Å². The lowest BCUT2D eigenvalue weighted by Gasteiger charge is -2.12. The second kappa shape index (κ2) is 4.51. The molecule has 0 fully saturated rings. The number of hydrogen-bond acceptors (Lipinski definition) is 3. The number of alkyl halides is 3. The van der Waals surface area contributed by atoms with Crippen molar-refractivity contribution >= 4 is 26.8 Å². The number of fused-ring (bicyclic) bond motifs is 1. The van der Waals surface area contributed by atoms with E-state index in [0.717, 1.165) is 6.07 Å². The van der Waals surface area contributed by atoms with Gasteiger partial charge in [-0.3, -0.25) is 5.10 Å². The number of nitrogens with zero attached hydrogens (tertiary/aromatic N) is 2. The van der Waals surface area contributed by atoms with Gasteiger partial charge in [-0.15, -0.1) is 0 Å². The van der Waals surface area contributed by atoms with E-state index in [-0.39, 0.29) is 12.3 Å². The van der Waals surface area contributed by atoms with Gasteiger partial charge in [0.2, 0.25) is 0 Å². The molecule has 1 atom stereocenters. The van der Waals surface area contributed by atoms with Crippen molar-refractivity contribution in [2.24, 2.45) is 0 Å². The standard InChI is InChI=1S/C10H9BrF3N3O/c1-4(3-18)7-8-5(9(11)17-16-8)2-6(15-7)10(12,13)14/h2,4,18H,3H2,1H3,(H,16,17). The third kappa shape index (κ3) is 2.22. The summed E-state index contributed by atoms with van der Waals surface area (Å²) in [5.74, 6) is -0.523. The lowest BCUT2D eigenvalue weighted by molar-refractivity contribution is -0.141. The Hall–Kier alpha value is -1.15. The Bertz CT molecular complexity index is 581. The Balaban J connectivity index is 2.74. The van der Waals surface area contributed by atoms with Crippen molar-refractivity contribution in [3.8, 4) is 0 Å². The van der Waals surface area contributed by atoms with Crippen molar-refractivity contribution in [3.63, 3.8) is 0 Å². The van der Waals surface area contributed by atoms with Crippen molar-refractivity contribution in [2.45, 2.75) is 19.0 Å². The zero-order valence-electron chi connectivity index (χ0n) is 9.22. The summed E-state index contributed by atoms with van der Waals surface area (Å²) < 4.78 is 38.5. The minimum absolute atomic E-state index is 0.129. The molecule has 0 aliphatic heterocycles. The Kier molecular flexibility index (Phi) is 3.33. The fourth-order valence-corrected chi connectivity index (χ4v) is 1.97. The summed E-state index contributed by atoms with van der Waals surface area (Å²) in [6.45, 7) is 1.29. The van der Waals surface area contributed by atoms with Crippen LogP contribution in [0.25, 0.3) is 10.9 Å². The first kappa shape index (κ1) is 13.3. The summed E-state index contributed by atoms with van der Waals surface area (Å²) in [7, 11) is 0. The molecular formula is C10H9BrF3N3O. The minimum atomic E-state index is -4.53. The zero-order chi connectivity index (χ0) is 13.5. The summed E-state index contributed by atoms with van der Waals surface area (Å²) in [4.78, 5) is 3.57. The number of aliphatic hydroxyl groups is 1. The number of rotatable bonds is 2. The van der Waals surface area contributed by atoms with Crippen LogP contribution in [0.15, 0.2) is 10.7 Å². The largest absolute Gasteiger partial charge is 0.433 e. The highest BCUT2D eigenvalue weighted by Crippen LogP contribution is 2.34. The Morgan fingerprint density at radius 3 is 2.72 bits per heavy atom. The number of aromatic amines is 1. The number of halogens is 4. The highest BCUT2D eigenvalue weighted by Gasteiger charge is 2.34. The number of nitrogens with one attached hydrogen (secondary N) is 1. The van der Waals surface area contributed by atoms with Gasteiger partial charge >= 0.3 is 6.18 Å². The molecule has 2 aromatic rings. The molecule has 8 heteroatoms. The van der Waals surface area contributed by atoms with Crippen LogP contribution in [0.4, 0.5) is 13.2 Å². The van der Waals surface area contributed by atoms with Gasteiger partial charge in [-0.2, -0.15) is 18.3 Å². The van der Waals surface area contributed by atoms with E-state index in [2.05, 4.69) is 31.1 Å². The van der Waals surface area contributed by atoms with Gasteiger partial charge in [0.15, 0.2) is 0 Å². The number of H-pyrrole nitrogens is 1. The molecule has 18 heavy (non-hydrogen) atoms. The summed E-state index contributed by atoms with van der Waals surface area (Å²) in [6, 6.07) is 0.927.